The first-order valence-corrected chi connectivity index (χ1v) is 7.62. The van der Waals surface area contributed by atoms with Crippen LogP contribution < -0.4 is 5.32 Å². The van der Waals surface area contributed by atoms with Crippen molar-refractivity contribution in [3.05, 3.63) is 29.7 Å². The fourth-order valence-electron chi connectivity index (χ4n) is 1.83. The van der Waals surface area contributed by atoms with Gasteiger partial charge in [0, 0.05) is 24.3 Å². The second-order valence-corrected chi connectivity index (χ2v) is 5.98. The van der Waals surface area contributed by atoms with Gasteiger partial charge >= 0.3 is 0 Å². The van der Waals surface area contributed by atoms with Crippen LogP contribution in [0.2, 0.25) is 0 Å². The summed E-state index contributed by atoms with van der Waals surface area (Å²) in [6.45, 7) is 4.28. The Bertz CT molecular complexity index is 586. The molecule has 0 aliphatic rings. The van der Waals surface area contributed by atoms with E-state index in [4.69, 9.17) is 0 Å². The van der Waals surface area contributed by atoms with Gasteiger partial charge in [-0.1, -0.05) is 13.8 Å². The predicted molar refractivity (Wildman–Crippen MR) is 80.9 cm³/mol. The molecule has 0 saturated heterocycles. The number of hydrogen-bond acceptors (Lipinski definition) is 6. The van der Waals surface area contributed by atoms with Gasteiger partial charge in [0.1, 0.15) is 16.4 Å². The molecule has 0 aliphatic carbocycles. The molecule has 0 bridgehead atoms. The lowest BCUT2D eigenvalue weighted by Crippen LogP contribution is -2.32. The molecule has 0 fully saturated rings. The summed E-state index contributed by atoms with van der Waals surface area (Å²) in [5.74, 6) is 0.101. The van der Waals surface area contributed by atoms with Gasteiger partial charge in [-0.15, -0.1) is 11.3 Å². The van der Waals surface area contributed by atoms with Crippen LogP contribution in [-0.2, 0) is 0 Å². The SMILES string of the molecule is CC(C)CC(O)CNC(=O)c1csc(-c2cnccn2)n1. The van der Waals surface area contributed by atoms with Crippen molar-refractivity contribution >= 4 is 17.2 Å². The first-order valence-electron chi connectivity index (χ1n) is 6.74. The maximum Gasteiger partial charge on any atom is 0.270 e. The Hall–Kier alpha value is -1.86. The molecule has 0 radical (unpaired) electrons. The van der Waals surface area contributed by atoms with Crippen LogP contribution >= 0.6 is 11.3 Å². The maximum atomic E-state index is 12.0. The lowest BCUT2D eigenvalue weighted by molar-refractivity contribution is 0.0896. The second kappa shape index (κ2) is 7.24. The fraction of sp³-hybridized carbons (Fsp3) is 0.429. The van der Waals surface area contributed by atoms with E-state index in [2.05, 4.69) is 20.3 Å². The molecule has 0 saturated carbocycles. The number of rotatable bonds is 6. The highest BCUT2D eigenvalue weighted by molar-refractivity contribution is 7.13. The van der Waals surface area contributed by atoms with Crippen LogP contribution in [0.5, 0.6) is 0 Å². The van der Waals surface area contributed by atoms with E-state index in [1.807, 2.05) is 13.8 Å². The summed E-state index contributed by atoms with van der Waals surface area (Å²) in [6.07, 6.45) is 4.89. The molecule has 2 aromatic heterocycles. The molecule has 2 heterocycles. The van der Waals surface area contributed by atoms with E-state index < -0.39 is 6.10 Å². The number of carbonyl (C=O) groups is 1. The fourth-order valence-corrected chi connectivity index (χ4v) is 2.59. The third kappa shape index (κ3) is 4.57. The van der Waals surface area contributed by atoms with E-state index in [0.717, 1.165) is 0 Å². The molecule has 7 heteroatoms. The van der Waals surface area contributed by atoms with Crippen LogP contribution in [0, 0.1) is 5.92 Å². The summed E-state index contributed by atoms with van der Waals surface area (Å²) >= 11 is 1.34. The summed E-state index contributed by atoms with van der Waals surface area (Å²) < 4.78 is 0. The quantitative estimate of drug-likeness (QED) is 0.848. The number of thiazole rings is 1. The molecular weight excluding hydrogens is 288 g/mol. The van der Waals surface area contributed by atoms with Crippen molar-refractivity contribution < 1.29 is 9.90 Å². The van der Waals surface area contributed by atoms with Gasteiger partial charge in [0.15, 0.2) is 0 Å². The maximum absolute atomic E-state index is 12.0. The van der Waals surface area contributed by atoms with Crippen molar-refractivity contribution in [1.29, 1.82) is 0 Å². The summed E-state index contributed by atoms with van der Waals surface area (Å²) in [6, 6.07) is 0. The minimum Gasteiger partial charge on any atom is -0.391 e. The summed E-state index contributed by atoms with van der Waals surface area (Å²) in [4.78, 5) is 24.3. The zero-order valence-corrected chi connectivity index (χ0v) is 12.8. The molecule has 21 heavy (non-hydrogen) atoms. The summed E-state index contributed by atoms with van der Waals surface area (Å²) in [5.41, 5.74) is 0.971. The number of aliphatic hydroxyl groups excluding tert-OH is 1. The smallest absolute Gasteiger partial charge is 0.270 e. The van der Waals surface area contributed by atoms with Gasteiger partial charge in [-0.25, -0.2) is 4.98 Å². The molecule has 2 N–H and O–H groups in total. The van der Waals surface area contributed by atoms with E-state index in [0.29, 0.717) is 28.7 Å². The predicted octanol–water partition coefficient (Wildman–Crippen LogP) is 1.74. The first-order chi connectivity index (χ1) is 10.1. The Balaban J connectivity index is 1.93. The third-order valence-electron chi connectivity index (χ3n) is 2.76. The number of carbonyl (C=O) groups excluding carboxylic acids is 1. The second-order valence-electron chi connectivity index (χ2n) is 5.12. The van der Waals surface area contributed by atoms with E-state index in [1.165, 1.54) is 11.3 Å². The highest BCUT2D eigenvalue weighted by Crippen LogP contribution is 2.20. The highest BCUT2D eigenvalue weighted by atomic mass is 32.1. The largest absolute Gasteiger partial charge is 0.391 e. The van der Waals surface area contributed by atoms with E-state index in [9.17, 15) is 9.90 Å². The summed E-state index contributed by atoms with van der Waals surface area (Å²) in [7, 11) is 0. The zero-order valence-electron chi connectivity index (χ0n) is 12.0. The van der Waals surface area contributed by atoms with Gasteiger partial charge in [-0.05, 0) is 12.3 Å². The average Bonchev–Trinajstić information content (AvgIpc) is 2.95. The van der Waals surface area contributed by atoms with E-state index >= 15 is 0 Å². The Labute approximate surface area is 127 Å². The van der Waals surface area contributed by atoms with Crippen LogP contribution in [-0.4, -0.2) is 38.6 Å². The molecule has 0 aromatic carbocycles. The molecule has 0 spiro atoms. The van der Waals surface area contributed by atoms with Gasteiger partial charge in [0.25, 0.3) is 5.91 Å². The molecule has 112 valence electrons. The van der Waals surface area contributed by atoms with Crippen molar-refractivity contribution in [2.24, 2.45) is 5.92 Å². The number of hydrogen-bond donors (Lipinski definition) is 2. The molecule has 6 nitrogen and oxygen atoms in total. The lowest BCUT2D eigenvalue weighted by Gasteiger charge is -2.13. The molecule has 1 atom stereocenters. The van der Waals surface area contributed by atoms with Gasteiger partial charge in [0.2, 0.25) is 0 Å². The minimum absolute atomic E-state index is 0.231. The Morgan fingerprint density at radius 3 is 2.90 bits per heavy atom. The van der Waals surface area contributed by atoms with Crippen molar-refractivity contribution in [3.63, 3.8) is 0 Å². The standard InChI is InChI=1S/C14H18N4O2S/c1-9(2)5-10(19)6-17-13(20)12-8-21-14(18-12)11-7-15-3-4-16-11/h3-4,7-10,19H,5-6H2,1-2H3,(H,17,20). The van der Waals surface area contributed by atoms with Crippen LogP contribution in [0.3, 0.4) is 0 Å². The number of nitrogens with one attached hydrogen (secondary N) is 1. The molecule has 1 amide bonds. The van der Waals surface area contributed by atoms with Crippen LogP contribution in [0.1, 0.15) is 30.8 Å². The number of aliphatic hydroxyl groups is 1. The average molecular weight is 306 g/mol. The normalized spacial score (nSPS) is 12.4. The number of nitrogens with zero attached hydrogens (tertiary/aromatic N) is 3. The van der Waals surface area contributed by atoms with Crippen LogP contribution in [0.15, 0.2) is 24.0 Å². The molecule has 0 aliphatic heterocycles. The van der Waals surface area contributed by atoms with Gasteiger partial charge in [-0.3, -0.25) is 14.8 Å². The lowest BCUT2D eigenvalue weighted by atomic mass is 10.1. The number of aromatic nitrogens is 3. The molecule has 1 unspecified atom stereocenters. The Morgan fingerprint density at radius 2 is 2.24 bits per heavy atom. The summed E-state index contributed by atoms with van der Waals surface area (Å²) in [5, 5.41) is 14.8. The van der Waals surface area contributed by atoms with Gasteiger partial charge in [0.05, 0.1) is 12.3 Å². The highest BCUT2D eigenvalue weighted by Gasteiger charge is 2.14. The van der Waals surface area contributed by atoms with Crippen molar-refractivity contribution in [2.45, 2.75) is 26.4 Å². The van der Waals surface area contributed by atoms with Gasteiger partial charge < -0.3 is 10.4 Å². The molecule has 2 aromatic rings. The van der Waals surface area contributed by atoms with Crippen molar-refractivity contribution in [2.75, 3.05) is 6.54 Å². The molecular formula is C14H18N4O2S. The van der Waals surface area contributed by atoms with E-state index in [1.54, 1.807) is 24.0 Å². The van der Waals surface area contributed by atoms with Crippen LogP contribution in [0.25, 0.3) is 10.7 Å². The van der Waals surface area contributed by atoms with Gasteiger partial charge in [-0.2, -0.15) is 0 Å². The third-order valence-corrected chi connectivity index (χ3v) is 3.63. The topological polar surface area (TPSA) is 88.0 Å². The minimum atomic E-state index is -0.535. The van der Waals surface area contributed by atoms with E-state index in [-0.39, 0.29) is 12.5 Å². The van der Waals surface area contributed by atoms with Crippen molar-refractivity contribution in [1.82, 2.24) is 20.3 Å². The number of amides is 1. The monoisotopic (exact) mass is 306 g/mol. The first kappa shape index (κ1) is 15.5. The Kier molecular flexibility index (Phi) is 5.35. The van der Waals surface area contributed by atoms with Crippen LogP contribution in [0.4, 0.5) is 0 Å². The molecule has 2 rings (SSSR count). The Morgan fingerprint density at radius 1 is 1.43 bits per heavy atom. The van der Waals surface area contributed by atoms with Crippen molar-refractivity contribution in [3.8, 4) is 10.7 Å². The zero-order chi connectivity index (χ0) is 15.2.